The number of methoxy groups -OCH3 is 1. The lowest BCUT2D eigenvalue weighted by molar-refractivity contribution is -0.118. The Morgan fingerprint density at radius 1 is 0.974 bits per heavy atom. The number of ether oxygens (including phenoxy) is 4. The molecular formula is C29H32IN3O6. The number of hydrazone groups is 1. The summed E-state index contributed by atoms with van der Waals surface area (Å²) in [5.41, 5.74) is 5.33. The minimum atomic E-state index is -0.393. The summed E-state index contributed by atoms with van der Waals surface area (Å²) in [5.74, 6) is 1.29. The van der Waals surface area contributed by atoms with Crippen molar-refractivity contribution in [2.75, 3.05) is 32.2 Å². The first-order valence-electron chi connectivity index (χ1n) is 12.4. The van der Waals surface area contributed by atoms with Gasteiger partial charge in [-0.25, -0.2) is 5.43 Å². The van der Waals surface area contributed by atoms with Crippen LogP contribution in [0.4, 0.5) is 5.69 Å². The Labute approximate surface area is 242 Å². The minimum absolute atomic E-state index is 0.185. The predicted molar refractivity (Wildman–Crippen MR) is 159 cm³/mol. The lowest BCUT2D eigenvalue weighted by atomic mass is 10.2. The van der Waals surface area contributed by atoms with Crippen LogP contribution in [0.5, 0.6) is 23.0 Å². The molecule has 0 atom stereocenters. The zero-order valence-electron chi connectivity index (χ0n) is 22.4. The van der Waals surface area contributed by atoms with Crippen LogP contribution in [0.1, 0.15) is 41.8 Å². The van der Waals surface area contributed by atoms with Crippen molar-refractivity contribution >= 4 is 46.3 Å². The highest BCUT2D eigenvalue weighted by Crippen LogP contribution is 2.33. The van der Waals surface area contributed by atoms with E-state index in [9.17, 15) is 9.59 Å². The van der Waals surface area contributed by atoms with Crippen LogP contribution in [0, 0.1) is 10.5 Å². The van der Waals surface area contributed by atoms with Crippen LogP contribution in [-0.4, -0.2) is 45.0 Å². The van der Waals surface area contributed by atoms with E-state index in [4.69, 9.17) is 18.9 Å². The van der Waals surface area contributed by atoms with E-state index in [0.29, 0.717) is 56.6 Å². The van der Waals surface area contributed by atoms with Gasteiger partial charge in [-0.05, 0) is 96.5 Å². The molecule has 0 fully saturated rings. The molecule has 0 radical (unpaired) electrons. The lowest BCUT2D eigenvalue weighted by Crippen LogP contribution is -2.20. The van der Waals surface area contributed by atoms with Crippen molar-refractivity contribution in [3.63, 3.8) is 0 Å². The average Bonchev–Trinajstić information content (AvgIpc) is 2.91. The van der Waals surface area contributed by atoms with Gasteiger partial charge >= 0.3 is 0 Å². The SMILES string of the molecule is CCCOc1ccc(C(=O)N/N=C/c2cc(I)c(OCC(=O)Nc3cccc(C)c3)c(OC)c2)cc1OCC. The van der Waals surface area contributed by atoms with Crippen molar-refractivity contribution in [3.8, 4) is 23.0 Å². The Bertz CT molecular complexity index is 1330. The molecule has 2 amide bonds. The summed E-state index contributed by atoms with van der Waals surface area (Å²) < 4.78 is 23.3. The number of carbonyl (C=O) groups excluding carboxylic acids is 2. The van der Waals surface area contributed by atoms with E-state index < -0.39 is 5.91 Å². The molecule has 0 heterocycles. The van der Waals surface area contributed by atoms with Crippen LogP contribution in [0.25, 0.3) is 0 Å². The van der Waals surface area contributed by atoms with Gasteiger partial charge in [-0.15, -0.1) is 0 Å². The molecular weight excluding hydrogens is 613 g/mol. The van der Waals surface area contributed by atoms with Crippen LogP contribution < -0.4 is 29.7 Å². The molecule has 0 aliphatic rings. The number of rotatable bonds is 13. The molecule has 3 aromatic carbocycles. The fraction of sp³-hybridized carbons (Fsp3) is 0.276. The topological polar surface area (TPSA) is 107 Å². The highest BCUT2D eigenvalue weighted by Gasteiger charge is 2.14. The highest BCUT2D eigenvalue weighted by molar-refractivity contribution is 14.1. The quantitative estimate of drug-likeness (QED) is 0.143. The summed E-state index contributed by atoms with van der Waals surface area (Å²) in [6, 6.07) is 16.0. The number of hydrogen-bond acceptors (Lipinski definition) is 7. The van der Waals surface area contributed by atoms with Crippen molar-refractivity contribution in [1.82, 2.24) is 5.43 Å². The third-order valence-electron chi connectivity index (χ3n) is 5.25. The summed E-state index contributed by atoms with van der Waals surface area (Å²) in [7, 11) is 1.51. The molecule has 0 aliphatic heterocycles. The van der Waals surface area contributed by atoms with E-state index in [2.05, 4.69) is 38.4 Å². The molecule has 0 spiro atoms. The number of aryl methyl sites for hydroxylation is 1. The number of hydrogen-bond donors (Lipinski definition) is 2. The Morgan fingerprint density at radius 3 is 2.51 bits per heavy atom. The standard InChI is InChI=1S/C29H32IN3O6/c1-5-12-38-24-11-10-21(16-25(24)37-6-2)29(35)33-31-17-20-14-23(30)28(26(15-20)36-4)39-18-27(34)32-22-9-7-8-19(3)13-22/h7-11,13-17H,5-6,12,18H2,1-4H3,(H,32,34)(H,33,35)/b31-17+. The molecule has 3 aromatic rings. The second-order valence-corrected chi connectivity index (χ2v) is 9.54. The first kappa shape index (κ1) is 29.8. The predicted octanol–water partition coefficient (Wildman–Crippen LogP) is 5.58. The fourth-order valence-electron chi connectivity index (χ4n) is 3.49. The average molecular weight is 645 g/mol. The number of halogens is 1. The summed E-state index contributed by atoms with van der Waals surface area (Å²) in [6.07, 6.45) is 2.36. The monoisotopic (exact) mass is 645 g/mol. The van der Waals surface area contributed by atoms with E-state index in [0.717, 1.165) is 12.0 Å². The van der Waals surface area contributed by atoms with E-state index in [1.807, 2.05) is 45.0 Å². The van der Waals surface area contributed by atoms with Gasteiger partial charge in [0.1, 0.15) is 0 Å². The molecule has 0 aromatic heterocycles. The third-order valence-corrected chi connectivity index (χ3v) is 6.05. The maximum atomic E-state index is 12.7. The van der Waals surface area contributed by atoms with Crippen molar-refractivity contribution in [3.05, 3.63) is 74.9 Å². The normalized spacial score (nSPS) is 10.7. The number of carbonyl (C=O) groups is 2. The molecule has 3 rings (SSSR count). The maximum Gasteiger partial charge on any atom is 0.271 e. The highest BCUT2D eigenvalue weighted by atomic mass is 127. The molecule has 0 bridgehead atoms. The van der Waals surface area contributed by atoms with Crippen molar-refractivity contribution in [2.45, 2.75) is 27.2 Å². The van der Waals surface area contributed by atoms with Crippen LogP contribution in [0.15, 0.2) is 59.7 Å². The second kappa shape index (κ2) is 15.0. The van der Waals surface area contributed by atoms with Gasteiger partial charge in [0.15, 0.2) is 29.6 Å². The van der Waals surface area contributed by atoms with Gasteiger partial charge in [0, 0.05) is 11.3 Å². The number of amides is 2. The fourth-order valence-corrected chi connectivity index (χ4v) is 4.27. The van der Waals surface area contributed by atoms with Crippen molar-refractivity contribution in [1.29, 1.82) is 0 Å². The second-order valence-electron chi connectivity index (χ2n) is 8.38. The molecule has 9 nitrogen and oxygen atoms in total. The number of nitrogens with zero attached hydrogens (tertiary/aromatic N) is 1. The zero-order chi connectivity index (χ0) is 28.2. The lowest BCUT2D eigenvalue weighted by Gasteiger charge is -2.14. The third kappa shape index (κ3) is 8.88. The van der Waals surface area contributed by atoms with Gasteiger partial charge in [0.25, 0.3) is 11.8 Å². The maximum absolute atomic E-state index is 12.7. The van der Waals surface area contributed by atoms with E-state index in [1.54, 1.807) is 30.3 Å². The number of anilines is 1. The zero-order valence-corrected chi connectivity index (χ0v) is 24.5. The molecule has 0 saturated heterocycles. The van der Waals surface area contributed by atoms with Gasteiger partial charge in [0.05, 0.1) is 30.1 Å². The molecule has 10 heteroatoms. The molecule has 206 valence electrons. The Kier molecular flexibility index (Phi) is 11.4. The van der Waals surface area contributed by atoms with Gasteiger partial charge in [-0.1, -0.05) is 19.1 Å². The molecule has 0 aliphatic carbocycles. The Morgan fingerprint density at radius 2 is 1.79 bits per heavy atom. The van der Waals surface area contributed by atoms with Gasteiger partial charge in [-0.3, -0.25) is 9.59 Å². The van der Waals surface area contributed by atoms with Gasteiger partial charge in [-0.2, -0.15) is 5.10 Å². The first-order chi connectivity index (χ1) is 18.8. The van der Waals surface area contributed by atoms with Gasteiger partial charge in [0.2, 0.25) is 0 Å². The molecule has 0 unspecified atom stereocenters. The van der Waals surface area contributed by atoms with Crippen molar-refractivity contribution in [2.24, 2.45) is 5.10 Å². The van der Waals surface area contributed by atoms with E-state index in [-0.39, 0.29) is 12.5 Å². The Hall–Kier alpha value is -3.80. The number of nitrogens with one attached hydrogen (secondary N) is 2. The van der Waals surface area contributed by atoms with Crippen LogP contribution in [0.3, 0.4) is 0 Å². The molecule has 39 heavy (non-hydrogen) atoms. The smallest absolute Gasteiger partial charge is 0.271 e. The van der Waals surface area contributed by atoms with Crippen LogP contribution >= 0.6 is 22.6 Å². The summed E-state index contributed by atoms with van der Waals surface area (Å²) >= 11 is 2.10. The first-order valence-corrected chi connectivity index (χ1v) is 13.5. The summed E-state index contributed by atoms with van der Waals surface area (Å²) in [6.45, 7) is 6.66. The summed E-state index contributed by atoms with van der Waals surface area (Å²) in [5, 5.41) is 6.89. The van der Waals surface area contributed by atoms with Crippen molar-refractivity contribution < 1.29 is 28.5 Å². The molecule has 0 saturated carbocycles. The Balaban J connectivity index is 1.63. The van der Waals surface area contributed by atoms with Gasteiger partial charge < -0.3 is 24.3 Å². The molecule has 2 N–H and O–H groups in total. The number of benzene rings is 3. The van der Waals surface area contributed by atoms with Crippen LogP contribution in [0.2, 0.25) is 0 Å². The minimum Gasteiger partial charge on any atom is -0.493 e. The summed E-state index contributed by atoms with van der Waals surface area (Å²) in [4.78, 5) is 25.0. The van der Waals surface area contributed by atoms with E-state index in [1.165, 1.54) is 13.3 Å². The largest absolute Gasteiger partial charge is 0.493 e. The van der Waals surface area contributed by atoms with Crippen LogP contribution in [-0.2, 0) is 4.79 Å². The van der Waals surface area contributed by atoms with E-state index >= 15 is 0 Å².